The van der Waals surface area contributed by atoms with Crippen molar-refractivity contribution in [1.29, 1.82) is 0 Å². The summed E-state index contributed by atoms with van der Waals surface area (Å²) in [6.45, 7) is 2.15. The van der Waals surface area contributed by atoms with Crippen molar-refractivity contribution >= 4 is 18.9 Å². The fourth-order valence-electron chi connectivity index (χ4n) is 1.28. The van der Waals surface area contributed by atoms with Gasteiger partial charge in [0, 0.05) is 5.82 Å². The minimum atomic E-state index is -1.10. The van der Waals surface area contributed by atoms with E-state index in [1.165, 1.54) is 5.75 Å². The minimum absolute atomic E-state index is 0.105. The number of hydrogen-bond acceptors (Lipinski definition) is 3. The number of rotatable bonds is 1. The zero-order valence-electron chi connectivity index (χ0n) is 6.16. The summed E-state index contributed by atoms with van der Waals surface area (Å²) < 4.78 is 0. The maximum atomic E-state index is 8.84. The van der Waals surface area contributed by atoms with Gasteiger partial charge in [-0.1, -0.05) is 6.92 Å². The summed E-state index contributed by atoms with van der Waals surface area (Å²) in [7, 11) is -1.10. The second kappa shape index (κ2) is 3.65. The molecular weight excluding hydrogens is 147 g/mol. The van der Waals surface area contributed by atoms with Crippen molar-refractivity contribution in [3.05, 3.63) is 0 Å². The topological polar surface area (TPSA) is 40.5 Å². The molecule has 1 aliphatic rings. The largest absolute Gasteiger partial charge is 0.455 e. The van der Waals surface area contributed by atoms with Gasteiger partial charge >= 0.3 is 7.12 Å². The molecule has 0 aromatic carbocycles. The highest BCUT2D eigenvalue weighted by molar-refractivity contribution is 7.99. The van der Waals surface area contributed by atoms with Crippen molar-refractivity contribution in [2.24, 2.45) is 5.92 Å². The Kier molecular flexibility index (Phi) is 3.08. The third kappa shape index (κ3) is 2.18. The molecule has 0 amide bonds. The van der Waals surface area contributed by atoms with E-state index in [0.29, 0.717) is 5.92 Å². The van der Waals surface area contributed by atoms with Crippen LogP contribution in [0.4, 0.5) is 0 Å². The van der Waals surface area contributed by atoms with E-state index in [1.807, 2.05) is 11.8 Å². The smallest absolute Gasteiger partial charge is 0.427 e. The van der Waals surface area contributed by atoms with Gasteiger partial charge < -0.3 is 10.0 Å². The van der Waals surface area contributed by atoms with Gasteiger partial charge in [0.1, 0.15) is 0 Å². The molecule has 0 saturated carbocycles. The molecule has 2 unspecified atom stereocenters. The van der Waals surface area contributed by atoms with Crippen LogP contribution in [0.1, 0.15) is 13.3 Å². The van der Waals surface area contributed by atoms with Crippen LogP contribution in [0, 0.1) is 5.92 Å². The lowest BCUT2D eigenvalue weighted by atomic mass is 9.70. The molecule has 0 aromatic rings. The summed E-state index contributed by atoms with van der Waals surface area (Å²) in [6.07, 6.45) is 0.963. The van der Waals surface area contributed by atoms with E-state index >= 15 is 0 Å². The normalized spacial score (nSPS) is 33.9. The Morgan fingerprint density at radius 2 is 2.10 bits per heavy atom. The lowest BCUT2D eigenvalue weighted by Gasteiger charge is -2.25. The molecule has 2 nitrogen and oxygen atoms in total. The van der Waals surface area contributed by atoms with Gasteiger partial charge in [-0.2, -0.15) is 11.8 Å². The Hall–Kier alpha value is 0.335. The van der Waals surface area contributed by atoms with Crippen LogP contribution >= 0.6 is 11.8 Å². The van der Waals surface area contributed by atoms with Crippen LogP contribution in [0.5, 0.6) is 0 Å². The summed E-state index contributed by atoms with van der Waals surface area (Å²) in [4.78, 5) is 0. The van der Waals surface area contributed by atoms with Crippen LogP contribution in [0.15, 0.2) is 0 Å². The van der Waals surface area contributed by atoms with Gasteiger partial charge in [0.25, 0.3) is 0 Å². The van der Waals surface area contributed by atoms with Crippen LogP contribution in [0.2, 0.25) is 5.82 Å². The van der Waals surface area contributed by atoms with Crippen molar-refractivity contribution in [2.45, 2.75) is 19.2 Å². The van der Waals surface area contributed by atoms with E-state index in [0.717, 1.165) is 12.2 Å². The first-order chi connectivity index (χ1) is 4.70. The molecule has 0 spiro atoms. The van der Waals surface area contributed by atoms with Crippen molar-refractivity contribution < 1.29 is 10.0 Å². The van der Waals surface area contributed by atoms with Crippen molar-refractivity contribution in [2.75, 3.05) is 11.5 Å². The summed E-state index contributed by atoms with van der Waals surface area (Å²) >= 11 is 1.82. The molecule has 1 aliphatic heterocycles. The van der Waals surface area contributed by atoms with Gasteiger partial charge in [0.15, 0.2) is 0 Å². The molecule has 1 fully saturated rings. The molecule has 0 bridgehead atoms. The van der Waals surface area contributed by atoms with E-state index in [9.17, 15) is 0 Å². The monoisotopic (exact) mass is 160 g/mol. The van der Waals surface area contributed by atoms with Crippen LogP contribution in [-0.2, 0) is 0 Å². The van der Waals surface area contributed by atoms with E-state index in [-0.39, 0.29) is 5.82 Å². The van der Waals surface area contributed by atoms with Gasteiger partial charge in [-0.15, -0.1) is 0 Å². The first kappa shape index (κ1) is 8.43. The average molecular weight is 160 g/mol. The molecule has 58 valence electrons. The van der Waals surface area contributed by atoms with Crippen LogP contribution in [0.25, 0.3) is 0 Å². The minimum Gasteiger partial charge on any atom is -0.427 e. The fraction of sp³-hybridized carbons (Fsp3) is 1.00. The highest BCUT2D eigenvalue weighted by atomic mass is 32.2. The highest BCUT2D eigenvalue weighted by Gasteiger charge is 2.28. The molecule has 1 heterocycles. The molecule has 4 heteroatoms. The van der Waals surface area contributed by atoms with E-state index in [4.69, 9.17) is 10.0 Å². The maximum Gasteiger partial charge on any atom is 0.455 e. The molecule has 10 heavy (non-hydrogen) atoms. The average Bonchev–Trinajstić information content (AvgIpc) is 1.88. The summed E-state index contributed by atoms with van der Waals surface area (Å²) in [5.74, 6) is 2.82. The summed E-state index contributed by atoms with van der Waals surface area (Å²) in [6, 6.07) is 0. The molecule has 1 rings (SSSR count). The van der Waals surface area contributed by atoms with Crippen LogP contribution < -0.4 is 0 Å². The number of thioether (sulfide) groups is 1. The molecule has 0 aromatic heterocycles. The van der Waals surface area contributed by atoms with E-state index < -0.39 is 7.12 Å². The standard InChI is InChI=1S/C6H13BO2S/c1-5-2-6(7(8)9)4-10-3-5/h5-6,8-9H,2-4H2,1H3. The molecule has 1 saturated heterocycles. The zero-order valence-corrected chi connectivity index (χ0v) is 6.97. The Balaban J connectivity index is 2.32. The van der Waals surface area contributed by atoms with Gasteiger partial charge in [0.05, 0.1) is 0 Å². The van der Waals surface area contributed by atoms with Gasteiger partial charge in [-0.3, -0.25) is 0 Å². The third-order valence-electron chi connectivity index (χ3n) is 1.86. The first-order valence-corrected chi connectivity index (χ1v) is 4.79. The van der Waals surface area contributed by atoms with Gasteiger partial charge in [-0.05, 0) is 23.8 Å². The Bertz CT molecular complexity index is 110. The van der Waals surface area contributed by atoms with E-state index in [1.54, 1.807) is 0 Å². The number of hydrogen-bond donors (Lipinski definition) is 2. The Morgan fingerprint density at radius 1 is 1.40 bits per heavy atom. The Morgan fingerprint density at radius 3 is 2.50 bits per heavy atom. The lowest BCUT2D eigenvalue weighted by molar-refractivity contribution is 0.372. The Labute approximate surface area is 66.2 Å². The third-order valence-corrected chi connectivity index (χ3v) is 3.33. The predicted octanol–water partition coefficient (Wildman–Crippen LogP) is 0.602. The van der Waals surface area contributed by atoms with Crippen molar-refractivity contribution in [3.63, 3.8) is 0 Å². The lowest BCUT2D eigenvalue weighted by Crippen LogP contribution is -2.27. The molecule has 0 radical (unpaired) electrons. The zero-order chi connectivity index (χ0) is 7.56. The second-order valence-electron chi connectivity index (χ2n) is 3.05. The molecule has 0 aliphatic carbocycles. The quantitative estimate of drug-likeness (QED) is 0.552. The molecular formula is C6H13BO2S. The first-order valence-electron chi connectivity index (χ1n) is 3.64. The maximum absolute atomic E-state index is 8.84. The highest BCUT2D eigenvalue weighted by Crippen LogP contribution is 2.31. The van der Waals surface area contributed by atoms with Crippen LogP contribution in [0.3, 0.4) is 0 Å². The second-order valence-corrected chi connectivity index (χ2v) is 4.13. The molecule has 2 atom stereocenters. The summed E-state index contributed by atoms with van der Waals surface area (Å²) in [5.41, 5.74) is 0. The fourth-order valence-corrected chi connectivity index (χ4v) is 2.57. The molecule has 2 N–H and O–H groups in total. The predicted molar refractivity (Wildman–Crippen MR) is 45.0 cm³/mol. The van der Waals surface area contributed by atoms with Crippen molar-refractivity contribution in [3.8, 4) is 0 Å². The van der Waals surface area contributed by atoms with E-state index in [2.05, 4.69) is 6.92 Å². The SMILES string of the molecule is CC1CSCC(B(O)O)C1. The van der Waals surface area contributed by atoms with Gasteiger partial charge in [-0.25, -0.2) is 0 Å². The van der Waals surface area contributed by atoms with Gasteiger partial charge in [0.2, 0.25) is 0 Å². The van der Waals surface area contributed by atoms with Crippen molar-refractivity contribution in [1.82, 2.24) is 0 Å². The van der Waals surface area contributed by atoms with Crippen LogP contribution in [-0.4, -0.2) is 28.7 Å². The summed E-state index contributed by atoms with van der Waals surface area (Å²) in [5, 5.41) is 17.7.